The van der Waals surface area contributed by atoms with Crippen LogP contribution in [0.4, 0.5) is 0 Å². The summed E-state index contributed by atoms with van der Waals surface area (Å²) in [6.07, 6.45) is 17.8. The molecule has 3 atom stereocenters. The Labute approximate surface area is 212 Å². The maximum Gasteiger partial charge on any atom is 0.326 e. The Hall–Kier alpha value is -1.80. The first-order valence-corrected chi connectivity index (χ1v) is 13.8. The minimum absolute atomic E-state index is 0.236. The number of aldehydes is 1. The van der Waals surface area contributed by atoms with Crippen LogP contribution in [0.25, 0.3) is 0 Å². The van der Waals surface area contributed by atoms with Crippen LogP contribution in [0.5, 0.6) is 0 Å². The fourth-order valence-electron chi connectivity index (χ4n) is 4.21. The van der Waals surface area contributed by atoms with Crippen molar-refractivity contribution in [3.05, 3.63) is 0 Å². The van der Waals surface area contributed by atoms with E-state index in [0.717, 1.165) is 25.7 Å². The maximum absolute atomic E-state index is 12.4. The fraction of sp³-hybridized carbons (Fsp3) is 0.852. The van der Waals surface area contributed by atoms with Crippen LogP contribution in [0.3, 0.4) is 0 Å². The summed E-state index contributed by atoms with van der Waals surface area (Å²) in [5, 5.41) is 11.9. The molecule has 35 heavy (non-hydrogen) atoms. The van der Waals surface area contributed by atoms with Gasteiger partial charge in [0.05, 0.1) is 12.0 Å². The molecule has 0 saturated carbocycles. The van der Waals surface area contributed by atoms with Crippen molar-refractivity contribution < 1.29 is 24.3 Å². The summed E-state index contributed by atoms with van der Waals surface area (Å²) in [6, 6.07) is -2.13. The normalized spacial score (nSPS) is 13.7. The molecule has 0 spiro atoms. The first-order valence-electron chi connectivity index (χ1n) is 13.8. The summed E-state index contributed by atoms with van der Waals surface area (Å²) >= 11 is 0. The van der Waals surface area contributed by atoms with Crippen molar-refractivity contribution in [2.75, 3.05) is 6.54 Å². The Morgan fingerprint density at radius 3 is 1.80 bits per heavy atom. The molecule has 8 heteroatoms. The summed E-state index contributed by atoms with van der Waals surface area (Å²) in [5.74, 6) is -3.28. The molecule has 0 heterocycles. The van der Waals surface area contributed by atoms with Crippen molar-refractivity contribution >= 4 is 23.9 Å². The Balaban J connectivity index is 4.09. The number of nitrogens with one attached hydrogen (secondary N) is 1. The molecule has 0 rings (SSSR count). The zero-order chi connectivity index (χ0) is 26.3. The number of unbranched alkanes of at least 4 members (excludes halogenated alkanes) is 13. The van der Waals surface area contributed by atoms with E-state index in [2.05, 4.69) is 12.2 Å². The zero-order valence-corrected chi connectivity index (χ0v) is 22.0. The SMILES string of the molecule is CCCCCCCCCCCCCCCC(=O)N[C@@H](CC(C=O)C(=O)[C@@H](N)CCCCN)C(=O)O. The number of carbonyl (C=O) groups excluding carboxylic acids is 3. The van der Waals surface area contributed by atoms with Gasteiger partial charge in [0.2, 0.25) is 5.91 Å². The number of carbonyl (C=O) groups is 4. The van der Waals surface area contributed by atoms with Gasteiger partial charge in [-0.3, -0.25) is 9.59 Å². The highest BCUT2D eigenvalue weighted by Gasteiger charge is 2.30. The predicted octanol–water partition coefficient (Wildman–Crippen LogP) is 4.27. The van der Waals surface area contributed by atoms with Gasteiger partial charge in [-0.15, -0.1) is 0 Å². The average Bonchev–Trinajstić information content (AvgIpc) is 2.84. The number of rotatable bonds is 25. The van der Waals surface area contributed by atoms with Gasteiger partial charge in [0.25, 0.3) is 0 Å². The number of hydrogen-bond donors (Lipinski definition) is 4. The number of Topliss-reactive ketones (excluding diaryl/α,β-unsaturated/α-hetero) is 1. The van der Waals surface area contributed by atoms with Gasteiger partial charge < -0.3 is 26.7 Å². The van der Waals surface area contributed by atoms with Crippen LogP contribution in [-0.2, 0) is 19.2 Å². The summed E-state index contributed by atoms with van der Waals surface area (Å²) in [5.41, 5.74) is 11.3. The topological polar surface area (TPSA) is 153 Å². The number of ketones is 1. The lowest BCUT2D eigenvalue weighted by Crippen LogP contribution is -2.45. The molecule has 0 aliphatic carbocycles. The number of hydrogen-bond acceptors (Lipinski definition) is 6. The van der Waals surface area contributed by atoms with Crippen molar-refractivity contribution in [3.63, 3.8) is 0 Å². The molecule has 0 aliphatic heterocycles. The van der Waals surface area contributed by atoms with Gasteiger partial charge in [-0.2, -0.15) is 0 Å². The maximum atomic E-state index is 12.4. The highest BCUT2D eigenvalue weighted by Crippen LogP contribution is 2.14. The van der Waals surface area contributed by atoms with Crippen LogP contribution in [0.15, 0.2) is 0 Å². The second-order valence-corrected chi connectivity index (χ2v) is 9.72. The second-order valence-electron chi connectivity index (χ2n) is 9.72. The van der Waals surface area contributed by atoms with Gasteiger partial charge in [0, 0.05) is 6.42 Å². The number of carboxylic acid groups (broad SMARTS) is 1. The van der Waals surface area contributed by atoms with E-state index in [1.807, 2.05) is 0 Å². The quantitative estimate of drug-likeness (QED) is 0.0834. The number of amides is 1. The molecule has 1 unspecified atom stereocenters. The van der Waals surface area contributed by atoms with E-state index in [4.69, 9.17) is 11.5 Å². The van der Waals surface area contributed by atoms with Gasteiger partial charge in [0.1, 0.15) is 12.3 Å². The average molecular weight is 498 g/mol. The van der Waals surface area contributed by atoms with Crippen molar-refractivity contribution in [1.82, 2.24) is 5.32 Å². The monoisotopic (exact) mass is 497 g/mol. The third-order valence-corrected chi connectivity index (χ3v) is 6.49. The van der Waals surface area contributed by atoms with Crippen molar-refractivity contribution in [2.45, 2.75) is 135 Å². The Kier molecular flexibility index (Phi) is 21.5. The van der Waals surface area contributed by atoms with Crippen LogP contribution in [-0.4, -0.2) is 47.7 Å². The van der Waals surface area contributed by atoms with Crippen molar-refractivity contribution in [3.8, 4) is 0 Å². The van der Waals surface area contributed by atoms with E-state index in [1.165, 1.54) is 57.8 Å². The molecular weight excluding hydrogens is 446 g/mol. The van der Waals surface area contributed by atoms with Crippen LogP contribution in [0, 0.1) is 5.92 Å². The minimum atomic E-state index is -1.29. The van der Waals surface area contributed by atoms with E-state index in [9.17, 15) is 24.3 Å². The summed E-state index contributed by atoms with van der Waals surface area (Å²) < 4.78 is 0. The molecule has 0 aliphatic rings. The van der Waals surface area contributed by atoms with Crippen LogP contribution < -0.4 is 16.8 Å². The van der Waals surface area contributed by atoms with Gasteiger partial charge in [-0.1, -0.05) is 90.4 Å². The van der Waals surface area contributed by atoms with E-state index in [1.54, 1.807) is 0 Å². The summed E-state index contributed by atoms with van der Waals surface area (Å²) in [6.45, 7) is 2.72. The standard InChI is InChI=1S/C27H51N3O5/c1-2-3-4-5-6-7-8-9-10-11-12-13-14-18-25(32)30-24(27(34)35)20-22(21-31)26(33)23(29)17-15-16-19-28/h21-24H,2-20,28-29H2,1H3,(H,30,32)(H,34,35)/t22?,23-,24-/m0/s1. The van der Waals surface area contributed by atoms with E-state index in [0.29, 0.717) is 32.1 Å². The second kappa shape index (κ2) is 22.7. The largest absolute Gasteiger partial charge is 0.480 e. The molecule has 204 valence electrons. The lowest BCUT2D eigenvalue weighted by molar-refractivity contribution is -0.143. The Morgan fingerprint density at radius 1 is 0.829 bits per heavy atom. The van der Waals surface area contributed by atoms with Gasteiger partial charge in [0.15, 0.2) is 5.78 Å². The molecule has 0 bridgehead atoms. The third kappa shape index (κ3) is 18.2. The summed E-state index contributed by atoms with van der Waals surface area (Å²) in [4.78, 5) is 47.7. The Bertz CT molecular complexity index is 585. The van der Waals surface area contributed by atoms with E-state index < -0.39 is 29.8 Å². The fourth-order valence-corrected chi connectivity index (χ4v) is 4.21. The number of nitrogens with two attached hydrogens (primary N) is 2. The van der Waals surface area contributed by atoms with E-state index >= 15 is 0 Å². The van der Waals surface area contributed by atoms with Gasteiger partial charge in [-0.05, 0) is 32.2 Å². The molecule has 8 nitrogen and oxygen atoms in total. The van der Waals surface area contributed by atoms with Crippen molar-refractivity contribution in [2.24, 2.45) is 17.4 Å². The molecule has 0 aromatic carbocycles. The van der Waals surface area contributed by atoms with Crippen LogP contribution in [0.2, 0.25) is 0 Å². The van der Waals surface area contributed by atoms with E-state index in [-0.39, 0.29) is 18.7 Å². The van der Waals surface area contributed by atoms with Gasteiger partial charge in [-0.25, -0.2) is 4.79 Å². The molecule has 0 aromatic heterocycles. The lowest BCUT2D eigenvalue weighted by atomic mass is 9.90. The lowest BCUT2D eigenvalue weighted by Gasteiger charge is -2.20. The number of carboxylic acids is 1. The minimum Gasteiger partial charge on any atom is -0.480 e. The molecule has 0 aromatic rings. The predicted molar refractivity (Wildman–Crippen MR) is 140 cm³/mol. The van der Waals surface area contributed by atoms with Gasteiger partial charge >= 0.3 is 5.97 Å². The van der Waals surface area contributed by atoms with Crippen LogP contribution >= 0.6 is 0 Å². The number of aliphatic carboxylic acids is 1. The summed E-state index contributed by atoms with van der Waals surface area (Å²) in [7, 11) is 0. The smallest absolute Gasteiger partial charge is 0.326 e. The molecular formula is C27H51N3O5. The first kappa shape index (κ1) is 33.2. The molecule has 6 N–H and O–H groups in total. The molecule has 0 saturated heterocycles. The molecule has 0 fully saturated rings. The first-order chi connectivity index (χ1) is 16.9. The Morgan fingerprint density at radius 2 is 1.34 bits per heavy atom. The highest BCUT2D eigenvalue weighted by molar-refractivity contribution is 5.97. The zero-order valence-electron chi connectivity index (χ0n) is 22.0. The van der Waals surface area contributed by atoms with Crippen LogP contribution in [0.1, 0.15) is 122 Å². The van der Waals surface area contributed by atoms with Crippen molar-refractivity contribution in [1.29, 1.82) is 0 Å². The third-order valence-electron chi connectivity index (χ3n) is 6.49. The molecule has 0 radical (unpaired) electrons. The molecule has 1 amide bonds. The highest BCUT2D eigenvalue weighted by atomic mass is 16.4.